The second kappa shape index (κ2) is 8.88. The lowest BCUT2D eigenvalue weighted by atomic mass is 9.98. The first kappa shape index (κ1) is 21.8. The van der Waals surface area contributed by atoms with Crippen molar-refractivity contribution in [3.05, 3.63) is 61.3 Å². The lowest BCUT2D eigenvalue weighted by Crippen LogP contribution is -2.33. The van der Waals surface area contributed by atoms with Crippen LogP contribution in [0.2, 0.25) is 10.0 Å². The van der Waals surface area contributed by atoms with Gasteiger partial charge in [0.2, 0.25) is 0 Å². The smallest absolute Gasteiger partial charge is 0.295 e. The lowest BCUT2D eigenvalue weighted by Gasteiger charge is -2.25. The monoisotopic (exact) mass is 453 g/mol. The highest BCUT2D eigenvalue weighted by molar-refractivity contribution is 7.10. The zero-order valence-electron chi connectivity index (χ0n) is 16.2. The molecule has 1 unspecified atom stereocenters. The van der Waals surface area contributed by atoms with Gasteiger partial charge < -0.3 is 14.7 Å². The lowest BCUT2D eigenvalue weighted by molar-refractivity contribution is -0.140. The molecule has 8 heteroatoms. The molecule has 1 fully saturated rings. The normalized spacial score (nSPS) is 18.8. The van der Waals surface area contributed by atoms with Crippen molar-refractivity contribution in [3.63, 3.8) is 0 Å². The molecule has 1 aliphatic heterocycles. The van der Waals surface area contributed by atoms with E-state index in [-0.39, 0.29) is 29.0 Å². The number of amides is 1. The Morgan fingerprint density at radius 2 is 1.97 bits per heavy atom. The molecular formula is C21H21Cl2NO4S. The van der Waals surface area contributed by atoms with E-state index in [0.717, 1.165) is 10.4 Å². The average molecular weight is 454 g/mol. The number of rotatable bonds is 6. The first-order valence-electron chi connectivity index (χ1n) is 9.11. The summed E-state index contributed by atoms with van der Waals surface area (Å²) in [4.78, 5) is 28.0. The van der Waals surface area contributed by atoms with Gasteiger partial charge in [0, 0.05) is 17.0 Å². The maximum Gasteiger partial charge on any atom is 0.295 e. The van der Waals surface area contributed by atoms with Crippen LogP contribution in [0, 0.1) is 6.92 Å². The topological polar surface area (TPSA) is 66.8 Å². The fourth-order valence-corrected chi connectivity index (χ4v) is 4.58. The zero-order valence-corrected chi connectivity index (χ0v) is 18.6. The molecule has 2 heterocycles. The van der Waals surface area contributed by atoms with Gasteiger partial charge in [0.15, 0.2) is 0 Å². The summed E-state index contributed by atoms with van der Waals surface area (Å²) in [5.41, 5.74) is 1.32. The highest BCUT2D eigenvalue weighted by Gasteiger charge is 2.46. The Balaban J connectivity index is 2.10. The number of halogens is 2. The van der Waals surface area contributed by atoms with Crippen LogP contribution in [0.1, 0.15) is 35.9 Å². The third-order valence-corrected chi connectivity index (χ3v) is 6.48. The van der Waals surface area contributed by atoms with Crippen molar-refractivity contribution in [1.29, 1.82) is 0 Å². The molecule has 1 atom stereocenters. The largest absolute Gasteiger partial charge is 0.507 e. The number of hydrogen-bond acceptors (Lipinski definition) is 5. The van der Waals surface area contributed by atoms with Gasteiger partial charge in [0.1, 0.15) is 5.76 Å². The number of nitrogens with zero attached hydrogens (tertiary/aromatic N) is 1. The number of aliphatic hydroxyl groups is 1. The number of aliphatic hydroxyl groups excluding tert-OH is 1. The van der Waals surface area contributed by atoms with Gasteiger partial charge in [-0.3, -0.25) is 9.59 Å². The molecule has 0 spiro atoms. The molecule has 1 saturated heterocycles. The van der Waals surface area contributed by atoms with Crippen LogP contribution in [0.3, 0.4) is 0 Å². The fraction of sp³-hybridized carbons (Fsp3) is 0.333. The van der Waals surface area contributed by atoms with Crippen molar-refractivity contribution in [2.24, 2.45) is 0 Å². The summed E-state index contributed by atoms with van der Waals surface area (Å²) in [5, 5.41) is 13.4. The van der Waals surface area contributed by atoms with E-state index in [1.165, 1.54) is 28.4 Å². The van der Waals surface area contributed by atoms with Gasteiger partial charge in [-0.25, -0.2) is 0 Å². The standard InChI is InChI=1S/C21H21Cl2NO4S/c1-11(2)28-8-7-24-17(20-12(3)6-9-29-20)16(19(26)21(24)27)18(25)13-4-5-14(22)15(23)10-13/h4-6,9-11,17,25H,7-8H2,1-3H3/b18-16-. The summed E-state index contributed by atoms with van der Waals surface area (Å²) in [5.74, 6) is -1.65. The molecule has 0 radical (unpaired) electrons. The maximum atomic E-state index is 12.9. The molecule has 29 heavy (non-hydrogen) atoms. The van der Waals surface area contributed by atoms with Crippen LogP contribution in [-0.2, 0) is 14.3 Å². The molecule has 0 aliphatic carbocycles. The van der Waals surface area contributed by atoms with Gasteiger partial charge in [-0.1, -0.05) is 23.2 Å². The summed E-state index contributed by atoms with van der Waals surface area (Å²) in [6, 6.07) is 5.82. The number of benzene rings is 1. The molecule has 3 rings (SSSR count). The molecule has 0 saturated carbocycles. The van der Waals surface area contributed by atoms with Crippen molar-refractivity contribution < 1.29 is 19.4 Å². The predicted molar refractivity (Wildman–Crippen MR) is 116 cm³/mol. The van der Waals surface area contributed by atoms with E-state index < -0.39 is 17.7 Å². The van der Waals surface area contributed by atoms with Gasteiger partial charge in [0.25, 0.3) is 11.7 Å². The van der Waals surface area contributed by atoms with Gasteiger partial charge in [-0.2, -0.15) is 0 Å². The summed E-state index contributed by atoms with van der Waals surface area (Å²) < 4.78 is 5.58. The van der Waals surface area contributed by atoms with Gasteiger partial charge >= 0.3 is 0 Å². The number of ketones is 1. The van der Waals surface area contributed by atoms with E-state index >= 15 is 0 Å². The third kappa shape index (κ3) is 4.36. The summed E-state index contributed by atoms with van der Waals surface area (Å²) in [6.07, 6.45) is 0.00459. The first-order chi connectivity index (χ1) is 13.7. The molecule has 1 aliphatic rings. The molecule has 2 aromatic rings. The van der Waals surface area contributed by atoms with Crippen LogP contribution in [0.25, 0.3) is 5.76 Å². The zero-order chi connectivity index (χ0) is 21.3. The Labute approximate surface area is 183 Å². The van der Waals surface area contributed by atoms with Crippen LogP contribution in [0.4, 0.5) is 0 Å². The first-order valence-corrected chi connectivity index (χ1v) is 10.7. The van der Waals surface area contributed by atoms with Crippen molar-refractivity contribution in [2.75, 3.05) is 13.2 Å². The second-order valence-electron chi connectivity index (χ2n) is 7.01. The van der Waals surface area contributed by atoms with E-state index in [4.69, 9.17) is 27.9 Å². The molecule has 5 nitrogen and oxygen atoms in total. The Bertz CT molecular complexity index is 983. The minimum absolute atomic E-state index is 0.00459. The SMILES string of the molecule is Cc1ccsc1C1/C(=C(/O)c2ccc(Cl)c(Cl)c2)C(=O)C(=O)N1CCOC(C)C. The van der Waals surface area contributed by atoms with E-state index in [1.807, 2.05) is 32.2 Å². The Kier molecular flexibility index (Phi) is 6.69. The van der Waals surface area contributed by atoms with E-state index in [9.17, 15) is 14.7 Å². The summed E-state index contributed by atoms with van der Waals surface area (Å²) >= 11 is 13.5. The fourth-order valence-electron chi connectivity index (χ4n) is 3.23. The highest BCUT2D eigenvalue weighted by atomic mass is 35.5. The molecule has 154 valence electrons. The van der Waals surface area contributed by atoms with Crippen molar-refractivity contribution in [1.82, 2.24) is 4.90 Å². The van der Waals surface area contributed by atoms with Crippen LogP contribution < -0.4 is 0 Å². The molecule has 1 N–H and O–H groups in total. The number of Topliss-reactive ketones (excluding diaryl/α,β-unsaturated/α-hetero) is 1. The number of ether oxygens (including phenoxy) is 1. The Morgan fingerprint density at radius 1 is 1.24 bits per heavy atom. The van der Waals surface area contributed by atoms with E-state index in [2.05, 4.69) is 0 Å². The van der Waals surface area contributed by atoms with Crippen molar-refractivity contribution in [2.45, 2.75) is 32.9 Å². The summed E-state index contributed by atoms with van der Waals surface area (Å²) in [6.45, 7) is 6.25. The van der Waals surface area contributed by atoms with Crippen molar-refractivity contribution >= 4 is 52.0 Å². The highest BCUT2D eigenvalue weighted by Crippen LogP contribution is 2.42. The number of thiophene rings is 1. The number of hydrogen-bond donors (Lipinski definition) is 1. The van der Waals surface area contributed by atoms with Crippen LogP contribution in [0.5, 0.6) is 0 Å². The minimum atomic E-state index is -0.726. The van der Waals surface area contributed by atoms with E-state index in [0.29, 0.717) is 17.2 Å². The number of likely N-dealkylation sites (tertiary alicyclic amines) is 1. The molecule has 0 bridgehead atoms. The Hall–Kier alpha value is -1.86. The van der Waals surface area contributed by atoms with Gasteiger partial charge in [-0.05, 0) is 56.0 Å². The molecule has 1 amide bonds. The van der Waals surface area contributed by atoms with Gasteiger partial charge in [0.05, 0.1) is 34.4 Å². The van der Waals surface area contributed by atoms with Crippen LogP contribution in [-0.4, -0.2) is 41.0 Å². The molecular weight excluding hydrogens is 433 g/mol. The quantitative estimate of drug-likeness (QED) is 0.370. The molecule has 1 aromatic heterocycles. The number of aryl methyl sites for hydroxylation is 1. The predicted octanol–water partition coefficient (Wildman–Crippen LogP) is 5.21. The van der Waals surface area contributed by atoms with E-state index in [1.54, 1.807) is 6.07 Å². The minimum Gasteiger partial charge on any atom is -0.507 e. The summed E-state index contributed by atoms with van der Waals surface area (Å²) in [7, 11) is 0. The third-order valence-electron chi connectivity index (χ3n) is 4.67. The van der Waals surface area contributed by atoms with Crippen molar-refractivity contribution in [3.8, 4) is 0 Å². The van der Waals surface area contributed by atoms with Crippen LogP contribution >= 0.6 is 34.5 Å². The second-order valence-corrected chi connectivity index (χ2v) is 8.77. The maximum absolute atomic E-state index is 12.9. The van der Waals surface area contributed by atoms with Crippen LogP contribution in [0.15, 0.2) is 35.2 Å². The van der Waals surface area contributed by atoms with Gasteiger partial charge in [-0.15, -0.1) is 11.3 Å². The number of carbonyl (C=O) groups excluding carboxylic acids is 2. The number of carbonyl (C=O) groups is 2. The molecule has 1 aromatic carbocycles. The average Bonchev–Trinajstić information content (AvgIpc) is 3.19. The Morgan fingerprint density at radius 3 is 2.55 bits per heavy atom.